The molecule has 0 saturated heterocycles. The second kappa shape index (κ2) is 3.29. The van der Waals surface area contributed by atoms with E-state index >= 15 is 0 Å². The average Bonchev–Trinajstić information content (AvgIpc) is 1.86. The quantitative estimate of drug-likeness (QED) is 0.658. The van der Waals surface area contributed by atoms with Crippen LogP contribution < -0.4 is 0 Å². The number of alkyl halides is 2. The van der Waals surface area contributed by atoms with Gasteiger partial charge in [0.2, 0.25) is 0 Å². The van der Waals surface area contributed by atoms with E-state index in [1.807, 2.05) is 0 Å². The van der Waals surface area contributed by atoms with Crippen molar-refractivity contribution in [3.63, 3.8) is 0 Å². The Bertz CT molecular complexity index is 151. The summed E-state index contributed by atoms with van der Waals surface area (Å²) in [5.41, 5.74) is 0. The lowest BCUT2D eigenvalue weighted by Crippen LogP contribution is -2.16. The van der Waals surface area contributed by atoms with Gasteiger partial charge in [-0.1, -0.05) is 0 Å². The van der Waals surface area contributed by atoms with Crippen LogP contribution in [0.5, 0.6) is 0 Å². The zero-order valence-electron chi connectivity index (χ0n) is 4.18. The fraction of sp³-hybridized carbons (Fsp3) is 0.333. The molecule has 0 aromatic carbocycles. The van der Waals surface area contributed by atoms with Crippen molar-refractivity contribution in [2.24, 2.45) is 0 Å². The highest BCUT2D eigenvalue weighted by atomic mass is 79.9. The largest absolute Gasteiger partial charge is 0.425 e. The van der Waals surface area contributed by atoms with Crippen molar-refractivity contribution < 1.29 is 25.8 Å². The molecule has 7 heteroatoms. The Kier molecular flexibility index (Phi) is 3.23. The van der Waals surface area contributed by atoms with E-state index in [4.69, 9.17) is 0 Å². The van der Waals surface area contributed by atoms with Crippen LogP contribution in [0.3, 0.4) is 0 Å². The van der Waals surface area contributed by atoms with Gasteiger partial charge in [-0.15, -0.1) is 0 Å². The molecule has 0 N–H and O–H groups in total. The monoisotopic (exact) mass is 226 g/mol. The SMILES string of the molecule is FC(F)=C(F)C(F)(F)OBr. The van der Waals surface area contributed by atoms with Gasteiger partial charge in [0.25, 0.3) is 5.83 Å². The van der Waals surface area contributed by atoms with Gasteiger partial charge < -0.3 is 0 Å². The van der Waals surface area contributed by atoms with Crippen LogP contribution in [0, 0.1) is 0 Å². The minimum atomic E-state index is -4.60. The lowest BCUT2D eigenvalue weighted by Gasteiger charge is -2.06. The first-order chi connectivity index (χ1) is 4.41. The third-order valence-electron chi connectivity index (χ3n) is 0.518. The summed E-state index contributed by atoms with van der Waals surface area (Å²) in [6.45, 7) is 0. The molecule has 60 valence electrons. The molecule has 0 unspecified atom stereocenters. The van der Waals surface area contributed by atoms with E-state index < -0.39 is 18.0 Å². The van der Waals surface area contributed by atoms with Crippen LogP contribution in [-0.2, 0) is 3.83 Å². The van der Waals surface area contributed by atoms with Gasteiger partial charge >= 0.3 is 12.2 Å². The molecule has 0 saturated carbocycles. The summed E-state index contributed by atoms with van der Waals surface area (Å²) in [7, 11) is 0. The number of rotatable bonds is 2. The Morgan fingerprint density at radius 1 is 1.20 bits per heavy atom. The van der Waals surface area contributed by atoms with E-state index in [2.05, 4.69) is 3.83 Å². The van der Waals surface area contributed by atoms with E-state index in [1.54, 1.807) is 16.3 Å². The minimum Gasteiger partial charge on any atom is -0.234 e. The van der Waals surface area contributed by atoms with Crippen LogP contribution in [0.1, 0.15) is 0 Å². The van der Waals surface area contributed by atoms with E-state index in [9.17, 15) is 22.0 Å². The molecule has 0 atom stereocenters. The Balaban J connectivity index is 4.49. The standard InChI is InChI=1S/C3BrF5O/c4-10-3(8,9)1(5)2(6)7. The highest BCUT2D eigenvalue weighted by Gasteiger charge is 2.40. The predicted molar refractivity (Wildman–Crippen MR) is 25.3 cm³/mol. The van der Waals surface area contributed by atoms with E-state index in [1.165, 1.54) is 0 Å². The molecule has 0 rings (SSSR count). The molecule has 0 aliphatic heterocycles. The van der Waals surface area contributed by atoms with Crippen molar-refractivity contribution >= 4 is 16.3 Å². The molecular formula is C3BrF5O. The lowest BCUT2D eigenvalue weighted by molar-refractivity contribution is -0.142. The van der Waals surface area contributed by atoms with Crippen LogP contribution in [0.4, 0.5) is 22.0 Å². The molecule has 1 nitrogen and oxygen atoms in total. The van der Waals surface area contributed by atoms with Crippen molar-refractivity contribution in [2.45, 2.75) is 6.11 Å². The number of halogens is 6. The molecule has 0 amide bonds. The summed E-state index contributed by atoms with van der Waals surface area (Å²) in [4.78, 5) is 0. The lowest BCUT2D eigenvalue weighted by atomic mass is 10.5. The Hall–Kier alpha value is -0.170. The maximum absolute atomic E-state index is 11.6. The van der Waals surface area contributed by atoms with Crippen molar-refractivity contribution in [1.82, 2.24) is 0 Å². The second-order valence-electron chi connectivity index (χ2n) is 1.17. The van der Waals surface area contributed by atoms with Gasteiger partial charge in [0.1, 0.15) is 16.3 Å². The van der Waals surface area contributed by atoms with Gasteiger partial charge in [-0.25, -0.2) is 3.83 Å². The van der Waals surface area contributed by atoms with Crippen LogP contribution in [0.25, 0.3) is 0 Å². The highest BCUT2D eigenvalue weighted by Crippen LogP contribution is 2.31. The molecule has 0 bridgehead atoms. The van der Waals surface area contributed by atoms with Crippen molar-refractivity contribution in [3.05, 3.63) is 11.9 Å². The molecule has 0 aromatic heterocycles. The van der Waals surface area contributed by atoms with Crippen molar-refractivity contribution in [1.29, 1.82) is 0 Å². The maximum atomic E-state index is 11.6. The molecular weight excluding hydrogens is 227 g/mol. The van der Waals surface area contributed by atoms with Crippen molar-refractivity contribution in [2.75, 3.05) is 0 Å². The second-order valence-corrected chi connectivity index (χ2v) is 1.49. The third kappa shape index (κ3) is 2.22. The van der Waals surface area contributed by atoms with Gasteiger partial charge in [-0.2, -0.15) is 22.0 Å². The zero-order chi connectivity index (χ0) is 8.36. The molecule has 0 spiro atoms. The van der Waals surface area contributed by atoms with E-state index in [0.29, 0.717) is 0 Å². The first-order valence-electron chi connectivity index (χ1n) is 1.80. The first kappa shape index (κ1) is 9.83. The molecule has 0 radical (unpaired) electrons. The van der Waals surface area contributed by atoms with Gasteiger partial charge in [0.15, 0.2) is 0 Å². The molecule has 0 aromatic rings. The minimum absolute atomic E-state index is 1.68. The molecule has 0 fully saturated rings. The fourth-order valence-corrected chi connectivity index (χ4v) is 0.286. The maximum Gasteiger partial charge on any atom is 0.425 e. The topological polar surface area (TPSA) is 9.23 Å². The van der Waals surface area contributed by atoms with E-state index in [0.717, 1.165) is 0 Å². The normalized spacial score (nSPS) is 11.4. The van der Waals surface area contributed by atoms with Gasteiger partial charge in [-0.05, 0) is 0 Å². The summed E-state index contributed by atoms with van der Waals surface area (Å²) in [6.07, 6.45) is -7.71. The highest BCUT2D eigenvalue weighted by molar-refractivity contribution is 9.06. The smallest absolute Gasteiger partial charge is 0.234 e. The molecule has 0 aliphatic rings. The van der Waals surface area contributed by atoms with Gasteiger partial charge in [0.05, 0.1) is 0 Å². The van der Waals surface area contributed by atoms with Gasteiger partial charge in [-0.3, -0.25) is 0 Å². The number of hydrogen-bond donors (Lipinski definition) is 0. The summed E-state index contributed by atoms with van der Waals surface area (Å²) in [5.74, 6) is -2.90. The average molecular weight is 227 g/mol. The Labute approximate surface area is 60.9 Å². The van der Waals surface area contributed by atoms with Crippen molar-refractivity contribution in [3.8, 4) is 0 Å². The van der Waals surface area contributed by atoms with Crippen LogP contribution in [-0.4, -0.2) is 6.11 Å². The summed E-state index contributed by atoms with van der Waals surface area (Å²) < 4.78 is 59.8. The Morgan fingerprint density at radius 3 is 1.70 bits per heavy atom. The molecule has 10 heavy (non-hydrogen) atoms. The predicted octanol–water partition coefficient (Wildman–Crippen LogP) is 2.98. The number of hydrogen-bond acceptors (Lipinski definition) is 1. The Morgan fingerprint density at radius 2 is 1.60 bits per heavy atom. The first-order valence-corrected chi connectivity index (χ1v) is 2.45. The van der Waals surface area contributed by atoms with Crippen LogP contribution in [0.15, 0.2) is 11.9 Å². The zero-order valence-corrected chi connectivity index (χ0v) is 5.76. The third-order valence-corrected chi connectivity index (χ3v) is 0.925. The van der Waals surface area contributed by atoms with E-state index in [-0.39, 0.29) is 0 Å². The van der Waals surface area contributed by atoms with Crippen LogP contribution >= 0.6 is 16.3 Å². The summed E-state index contributed by atoms with van der Waals surface area (Å²) in [6, 6.07) is 0. The molecule has 0 heterocycles. The fourth-order valence-electron chi connectivity index (χ4n) is 0.144. The summed E-state index contributed by atoms with van der Waals surface area (Å²) >= 11 is 1.68. The summed E-state index contributed by atoms with van der Waals surface area (Å²) in [5, 5.41) is 0. The van der Waals surface area contributed by atoms with Gasteiger partial charge in [0, 0.05) is 0 Å². The molecule has 0 aliphatic carbocycles. The van der Waals surface area contributed by atoms with Crippen LogP contribution in [0.2, 0.25) is 0 Å².